The summed E-state index contributed by atoms with van der Waals surface area (Å²) in [6.45, 7) is 7.98. The predicted octanol–water partition coefficient (Wildman–Crippen LogP) is 1.46. The Balaban J connectivity index is 2.17. The second-order valence-electron chi connectivity index (χ2n) is 5.25. The summed E-state index contributed by atoms with van der Waals surface area (Å²) in [5.74, 6) is 0. The lowest BCUT2D eigenvalue weighted by Crippen LogP contribution is -2.26. The molecule has 0 aromatic carbocycles. The Labute approximate surface area is 112 Å². The molecule has 18 heavy (non-hydrogen) atoms. The van der Waals surface area contributed by atoms with Gasteiger partial charge in [0.25, 0.3) is 0 Å². The number of ether oxygens (including phenoxy) is 2. The third-order valence-corrected chi connectivity index (χ3v) is 3.35. The second kappa shape index (κ2) is 10.7. The summed E-state index contributed by atoms with van der Waals surface area (Å²) in [4.78, 5) is 4.71. The zero-order chi connectivity index (χ0) is 13.1. The normalized spacial score (nSPS) is 25.0. The van der Waals surface area contributed by atoms with Crippen LogP contribution in [0.2, 0.25) is 0 Å². The molecule has 1 saturated heterocycles. The molecule has 108 valence electrons. The molecule has 0 aromatic rings. The average molecular weight is 258 g/mol. The van der Waals surface area contributed by atoms with Crippen LogP contribution in [-0.4, -0.2) is 76.5 Å². The Hall–Kier alpha value is -0.160. The molecule has 0 aliphatic carbocycles. The van der Waals surface area contributed by atoms with Crippen LogP contribution in [-0.2, 0) is 9.47 Å². The molecule has 1 fully saturated rings. The molecule has 0 amide bonds. The van der Waals surface area contributed by atoms with Crippen LogP contribution in [0.25, 0.3) is 0 Å². The highest BCUT2D eigenvalue weighted by Crippen LogP contribution is 1.98. The molecule has 4 heteroatoms. The van der Waals surface area contributed by atoms with Gasteiger partial charge in [-0.05, 0) is 46.3 Å². The Kier molecular flexibility index (Phi) is 9.48. The maximum absolute atomic E-state index is 5.65. The topological polar surface area (TPSA) is 24.9 Å². The highest BCUT2D eigenvalue weighted by atomic mass is 16.5. The Morgan fingerprint density at radius 1 is 0.556 bits per heavy atom. The SMILES string of the molecule is CN1CCCCOCCN(C)CCCOCCC1. The second-order valence-corrected chi connectivity index (χ2v) is 5.25. The highest BCUT2D eigenvalue weighted by molar-refractivity contribution is 4.54. The molecule has 4 nitrogen and oxygen atoms in total. The maximum atomic E-state index is 5.65. The van der Waals surface area contributed by atoms with Gasteiger partial charge in [0.15, 0.2) is 0 Å². The molecule has 1 aliphatic rings. The summed E-state index contributed by atoms with van der Waals surface area (Å²) in [5.41, 5.74) is 0. The number of hydrogen-bond donors (Lipinski definition) is 0. The molecule has 1 aliphatic heterocycles. The van der Waals surface area contributed by atoms with Crippen LogP contribution in [0.3, 0.4) is 0 Å². The van der Waals surface area contributed by atoms with Crippen LogP contribution in [0.5, 0.6) is 0 Å². The largest absolute Gasteiger partial charge is 0.381 e. The van der Waals surface area contributed by atoms with Gasteiger partial charge in [-0.1, -0.05) is 0 Å². The molecule has 1 rings (SSSR count). The zero-order valence-electron chi connectivity index (χ0n) is 12.2. The summed E-state index contributed by atoms with van der Waals surface area (Å²) < 4.78 is 11.3. The van der Waals surface area contributed by atoms with Crippen molar-refractivity contribution in [2.24, 2.45) is 0 Å². The molecule has 0 radical (unpaired) electrons. The first kappa shape index (κ1) is 15.9. The Bertz CT molecular complexity index is 155. The van der Waals surface area contributed by atoms with Gasteiger partial charge in [-0.3, -0.25) is 0 Å². The maximum Gasteiger partial charge on any atom is 0.0593 e. The van der Waals surface area contributed by atoms with E-state index in [0.29, 0.717) is 0 Å². The molecular weight excluding hydrogens is 228 g/mol. The van der Waals surface area contributed by atoms with Crippen LogP contribution >= 0.6 is 0 Å². The van der Waals surface area contributed by atoms with Crippen LogP contribution in [0.15, 0.2) is 0 Å². The van der Waals surface area contributed by atoms with E-state index in [2.05, 4.69) is 23.9 Å². The van der Waals surface area contributed by atoms with Crippen molar-refractivity contribution in [3.05, 3.63) is 0 Å². The van der Waals surface area contributed by atoms with Crippen molar-refractivity contribution < 1.29 is 9.47 Å². The zero-order valence-corrected chi connectivity index (χ0v) is 12.2. The number of rotatable bonds is 0. The van der Waals surface area contributed by atoms with E-state index in [1.807, 2.05) is 0 Å². The van der Waals surface area contributed by atoms with Crippen molar-refractivity contribution in [1.82, 2.24) is 9.80 Å². The molecule has 0 spiro atoms. The van der Waals surface area contributed by atoms with Gasteiger partial charge in [-0.2, -0.15) is 0 Å². The molecule has 0 atom stereocenters. The van der Waals surface area contributed by atoms with Gasteiger partial charge in [0.2, 0.25) is 0 Å². The summed E-state index contributed by atoms with van der Waals surface area (Å²) >= 11 is 0. The molecular formula is C14H30N2O2. The fourth-order valence-corrected chi connectivity index (χ4v) is 2.11. The van der Waals surface area contributed by atoms with Gasteiger partial charge in [0.05, 0.1) is 6.61 Å². The Morgan fingerprint density at radius 3 is 1.78 bits per heavy atom. The smallest absolute Gasteiger partial charge is 0.0593 e. The predicted molar refractivity (Wildman–Crippen MR) is 75.1 cm³/mol. The fourth-order valence-electron chi connectivity index (χ4n) is 2.11. The van der Waals surface area contributed by atoms with Crippen LogP contribution in [0, 0.1) is 0 Å². The van der Waals surface area contributed by atoms with E-state index >= 15 is 0 Å². The molecule has 0 N–H and O–H groups in total. The fraction of sp³-hybridized carbons (Fsp3) is 1.00. The molecule has 0 bridgehead atoms. The standard InChI is InChI=1S/C14H30N2O2/c1-15-7-3-4-11-18-14-10-16(2)9-6-13-17-12-5-8-15/h3-14H2,1-2H3. The average Bonchev–Trinajstić information content (AvgIpc) is 2.35. The van der Waals surface area contributed by atoms with E-state index in [4.69, 9.17) is 9.47 Å². The molecule has 0 unspecified atom stereocenters. The van der Waals surface area contributed by atoms with E-state index in [9.17, 15) is 0 Å². The van der Waals surface area contributed by atoms with Crippen molar-refractivity contribution in [2.45, 2.75) is 25.7 Å². The minimum atomic E-state index is 0.854. The summed E-state index contributed by atoms with van der Waals surface area (Å²) in [7, 11) is 4.35. The van der Waals surface area contributed by atoms with Crippen molar-refractivity contribution in [2.75, 3.05) is 66.7 Å². The van der Waals surface area contributed by atoms with Gasteiger partial charge in [-0.25, -0.2) is 0 Å². The van der Waals surface area contributed by atoms with E-state index in [1.165, 1.54) is 19.4 Å². The summed E-state index contributed by atoms with van der Waals surface area (Å²) in [5, 5.41) is 0. The van der Waals surface area contributed by atoms with Crippen molar-refractivity contribution in [3.63, 3.8) is 0 Å². The number of hydrogen-bond acceptors (Lipinski definition) is 4. The van der Waals surface area contributed by atoms with Gasteiger partial charge in [-0.15, -0.1) is 0 Å². The van der Waals surface area contributed by atoms with Crippen molar-refractivity contribution >= 4 is 0 Å². The van der Waals surface area contributed by atoms with E-state index in [0.717, 1.165) is 58.9 Å². The van der Waals surface area contributed by atoms with Crippen LogP contribution < -0.4 is 0 Å². The van der Waals surface area contributed by atoms with Crippen molar-refractivity contribution in [3.8, 4) is 0 Å². The third kappa shape index (κ3) is 8.86. The summed E-state index contributed by atoms with van der Waals surface area (Å²) in [6, 6.07) is 0. The monoisotopic (exact) mass is 258 g/mol. The lowest BCUT2D eigenvalue weighted by Gasteiger charge is -2.19. The van der Waals surface area contributed by atoms with Gasteiger partial charge in [0, 0.05) is 39.5 Å². The van der Waals surface area contributed by atoms with Gasteiger partial charge in [0.1, 0.15) is 0 Å². The first-order chi connectivity index (χ1) is 8.79. The molecule has 0 saturated carbocycles. The first-order valence-corrected chi connectivity index (χ1v) is 7.31. The van der Waals surface area contributed by atoms with E-state index in [-0.39, 0.29) is 0 Å². The van der Waals surface area contributed by atoms with E-state index < -0.39 is 0 Å². The summed E-state index contributed by atoms with van der Waals surface area (Å²) in [6.07, 6.45) is 4.66. The number of likely N-dealkylation sites (N-methyl/N-ethyl adjacent to an activating group) is 1. The highest BCUT2D eigenvalue weighted by Gasteiger charge is 2.01. The van der Waals surface area contributed by atoms with E-state index in [1.54, 1.807) is 0 Å². The lowest BCUT2D eigenvalue weighted by atomic mass is 10.3. The van der Waals surface area contributed by atoms with Crippen LogP contribution in [0.1, 0.15) is 25.7 Å². The van der Waals surface area contributed by atoms with Gasteiger partial charge < -0.3 is 19.3 Å². The minimum absolute atomic E-state index is 0.854. The third-order valence-electron chi connectivity index (χ3n) is 3.35. The first-order valence-electron chi connectivity index (χ1n) is 7.31. The van der Waals surface area contributed by atoms with Gasteiger partial charge >= 0.3 is 0 Å². The van der Waals surface area contributed by atoms with Crippen molar-refractivity contribution in [1.29, 1.82) is 0 Å². The number of nitrogens with zero attached hydrogens (tertiary/aromatic N) is 2. The molecule has 0 aromatic heterocycles. The van der Waals surface area contributed by atoms with Crippen LogP contribution in [0.4, 0.5) is 0 Å². The minimum Gasteiger partial charge on any atom is -0.381 e. The Morgan fingerprint density at radius 2 is 1.06 bits per heavy atom. The lowest BCUT2D eigenvalue weighted by molar-refractivity contribution is 0.0899. The quantitative estimate of drug-likeness (QED) is 0.657. The molecule has 1 heterocycles.